The second kappa shape index (κ2) is 9.51. The molecule has 8 heteroatoms. The topological polar surface area (TPSA) is 66.2 Å². The van der Waals surface area contributed by atoms with E-state index in [1.807, 2.05) is 13.8 Å². The first-order chi connectivity index (χ1) is 15.9. The number of nitrogens with zero attached hydrogens (tertiary/aromatic N) is 3. The number of benzene rings is 2. The third-order valence-corrected chi connectivity index (χ3v) is 5.63. The van der Waals surface area contributed by atoms with Crippen LogP contribution in [0.15, 0.2) is 48.5 Å². The molecule has 1 aromatic heterocycles. The summed E-state index contributed by atoms with van der Waals surface area (Å²) in [6.45, 7) is 5.31. The van der Waals surface area contributed by atoms with Crippen LogP contribution < -0.4 is 0 Å². The maximum atomic E-state index is 13.5. The number of hydrogen-bond acceptors (Lipinski definition) is 5. The van der Waals surface area contributed by atoms with Gasteiger partial charge in [-0.1, -0.05) is 25.0 Å². The van der Waals surface area contributed by atoms with Crippen molar-refractivity contribution < 1.29 is 23.0 Å². The van der Waals surface area contributed by atoms with Gasteiger partial charge in [0.2, 0.25) is 0 Å². The summed E-state index contributed by atoms with van der Waals surface area (Å²) in [4.78, 5) is 11.8. The van der Waals surface area contributed by atoms with Gasteiger partial charge in [0.25, 0.3) is 0 Å². The van der Waals surface area contributed by atoms with Gasteiger partial charge in [-0.2, -0.15) is 0 Å². The molecule has 4 atom stereocenters. The number of rotatable bonds is 4. The maximum absolute atomic E-state index is 13.5. The highest BCUT2D eigenvalue weighted by Gasteiger charge is 2.46. The van der Waals surface area contributed by atoms with Gasteiger partial charge in [-0.25, -0.2) is 13.5 Å². The van der Waals surface area contributed by atoms with Gasteiger partial charge >= 0.3 is 5.97 Å². The average molecular weight is 451 g/mol. The van der Waals surface area contributed by atoms with Crippen LogP contribution >= 0.6 is 0 Å². The Bertz CT molecular complexity index is 1200. The molecule has 0 radical (unpaired) electrons. The molecule has 0 bridgehead atoms. The van der Waals surface area contributed by atoms with Crippen molar-refractivity contribution in [2.45, 2.75) is 45.6 Å². The largest absolute Gasteiger partial charge is 0.457 e. The number of ether oxygens (including phenoxy) is 2. The lowest BCUT2D eigenvalue weighted by molar-refractivity contribution is -0.154. The van der Waals surface area contributed by atoms with Crippen molar-refractivity contribution in [1.29, 1.82) is 0 Å². The van der Waals surface area contributed by atoms with Crippen molar-refractivity contribution in [3.63, 3.8) is 0 Å². The van der Waals surface area contributed by atoms with Crippen molar-refractivity contribution in [3.8, 4) is 23.1 Å². The fraction of sp³-hybridized carbons (Fsp3) is 0.320. The van der Waals surface area contributed by atoms with E-state index in [0.717, 1.165) is 6.42 Å². The lowest BCUT2D eigenvalue weighted by Crippen LogP contribution is -2.30. The van der Waals surface area contributed by atoms with Crippen LogP contribution in [0.3, 0.4) is 0 Å². The van der Waals surface area contributed by atoms with E-state index in [-0.39, 0.29) is 23.7 Å². The Morgan fingerprint density at radius 3 is 2.33 bits per heavy atom. The third kappa shape index (κ3) is 4.78. The van der Waals surface area contributed by atoms with Gasteiger partial charge < -0.3 is 9.47 Å². The first kappa shape index (κ1) is 22.6. The average Bonchev–Trinajstić information content (AvgIpc) is 3.34. The normalized spacial score (nSPS) is 22.0. The molecule has 33 heavy (non-hydrogen) atoms. The Hall–Kier alpha value is -3.57. The minimum Gasteiger partial charge on any atom is -0.457 e. The molecule has 0 unspecified atom stereocenters. The fourth-order valence-electron chi connectivity index (χ4n) is 3.93. The lowest BCUT2D eigenvalue weighted by atomic mass is 9.98. The monoisotopic (exact) mass is 451 g/mol. The molecule has 6 nitrogen and oxygen atoms in total. The number of hydrogen-bond donors (Lipinski definition) is 0. The molecular weight excluding hydrogens is 428 g/mol. The van der Waals surface area contributed by atoms with E-state index in [2.05, 4.69) is 22.2 Å². The molecule has 2 heterocycles. The Kier molecular flexibility index (Phi) is 6.52. The van der Waals surface area contributed by atoms with E-state index < -0.39 is 18.3 Å². The number of esters is 1. The highest BCUT2D eigenvalue weighted by Crippen LogP contribution is 2.38. The van der Waals surface area contributed by atoms with E-state index in [9.17, 15) is 13.6 Å². The first-order valence-electron chi connectivity index (χ1n) is 10.7. The van der Waals surface area contributed by atoms with Gasteiger partial charge in [-0.3, -0.25) is 4.79 Å². The van der Waals surface area contributed by atoms with Crippen molar-refractivity contribution in [3.05, 3.63) is 71.4 Å². The maximum Gasteiger partial charge on any atom is 0.303 e. The smallest absolute Gasteiger partial charge is 0.303 e. The molecule has 0 N–H and O–H groups in total. The van der Waals surface area contributed by atoms with Gasteiger partial charge in [-0.15, -0.1) is 5.10 Å². The van der Waals surface area contributed by atoms with E-state index in [0.29, 0.717) is 22.5 Å². The second-order valence-corrected chi connectivity index (χ2v) is 7.90. The van der Waals surface area contributed by atoms with Crippen LogP contribution in [-0.4, -0.2) is 33.2 Å². The Labute approximate surface area is 190 Å². The van der Waals surface area contributed by atoms with Crippen LogP contribution in [0.2, 0.25) is 0 Å². The minimum atomic E-state index is -0.729. The van der Waals surface area contributed by atoms with Crippen LogP contribution in [0, 0.1) is 29.4 Å². The van der Waals surface area contributed by atoms with Crippen LogP contribution in [0.4, 0.5) is 8.78 Å². The third-order valence-electron chi connectivity index (χ3n) is 5.63. The van der Waals surface area contributed by atoms with Crippen LogP contribution in [0.25, 0.3) is 11.3 Å². The Balaban J connectivity index is 1.81. The van der Waals surface area contributed by atoms with E-state index in [4.69, 9.17) is 9.47 Å². The fourth-order valence-corrected chi connectivity index (χ4v) is 3.93. The zero-order chi connectivity index (χ0) is 23.5. The number of halogens is 2. The van der Waals surface area contributed by atoms with Crippen molar-refractivity contribution in [1.82, 2.24) is 15.0 Å². The van der Waals surface area contributed by atoms with Crippen LogP contribution in [0.1, 0.15) is 44.7 Å². The van der Waals surface area contributed by atoms with E-state index >= 15 is 0 Å². The summed E-state index contributed by atoms with van der Waals surface area (Å²) in [5, 5.41) is 8.56. The Morgan fingerprint density at radius 2 is 1.73 bits per heavy atom. The number of carbonyl (C=O) groups is 1. The molecule has 170 valence electrons. The lowest BCUT2D eigenvalue weighted by Gasteiger charge is -2.21. The quantitative estimate of drug-likeness (QED) is 0.432. The van der Waals surface area contributed by atoms with Gasteiger partial charge in [0, 0.05) is 24.0 Å². The molecule has 0 amide bonds. The summed E-state index contributed by atoms with van der Waals surface area (Å²) >= 11 is 0. The molecule has 1 aliphatic rings. The summed E-state index contributed by atoms with van der Waals surface area (Å²) in [6, 6.07) is 11.6. The minimum absolute atomic E-state index is 0.0692. The van der Waals surface area contributed by atoms with Crippen molar-refractivity contribution in [2.75, 3.05) is 0 Å². The molecule has 0 saturated carbocycles. The van der Waals surface area contributed by atoms with Gasteiger partial charge in [0.1, 0.15) is 23.0 Å². The molecule has 1 aliphatic heterocycles. The summed E-state index contributed by atoms with van der Waals surface area (Å²) in [6.07, 6.45) is -0.726. The molecule has 0 spiro atoms. The van der Waals surface area contributed by atoms with Gasteiger partial charge in [-0.05, 0) is 60.9 Å². The summed E-state index contributed by atoms with van der Waals surface area (Å²) in [5.74, 6) is 4.83. The predicted octanol–water partition coefficient (Wildman–Crippen LogP) is 4.50. The van der Waals surface area contributed by atoms with Crippen molar-refractivity contribution >= 4 is 5.97 Å². The zero-order valence-corrected chi connectivity index (χ0v) is 18.5. The van der Waals surface area contributed by atoms with E-state index in [1.165, 1.54) is 35.9 Å². The predicted molar refractivity (Wildman–Crippen MR) is 117 cm³/mol. The number of carbonyl (C=O) groups excluding carboxylic acids is 1. The van der Waals surface area contributed by atoms with Crippen LogP contribution in [-0.2, 0) is 14.3 Å². The number of aromatic nitrogens is 3. The highest BCUT2D eigenvalue weighted by molar-refractivity contribution is 5.67. The first-order valence-corrected chi connectivity index (χ1v) is 10.7. The highest BCUT2D eigenvalue weighted by atomic mass is 19.1. The molecule has 0 aliphatic carbocycles. The van der Waals surface area contributed by atoms with E-state index in [1.54, 1.807) is 24.3 Å². The molecule has 1 saturated heterocycles. The van der Waals surface area contributed by atoms with Crippen LogP contribution in [0.5, 0.6) is 0 Å². The molecule has 4 rings (SSSR count). The van der Waals surface area contributed by atoms with Gasteiger partial charge in [0.05, 0.1) is 6.10 Å². The summed E-state index contributed by atoms with van der Waals surface area (Å²) in [7, 11) is 0. The SMILES string of the molecule is CC[C@H]1O[C@@H](n2nnc(-c3ccc(F)cc3)c2C#Cc2ccc(F)cc2)[C@H](OC(C)=O)[C@@H]1C. The summed E-state index contributed by atoms with van der Waals surface area (Å²) in [5.41, 5.74) is 2.06. The second-order valence-electron chi connectivity index (χ2n) is 7.90. The molecule has 2 aromatic carbocycles. The van der Waals surface area contributed by atoms with Gasteiger partial charge in [0.15, 0.2) is 12.3 Å². The Morgan fingerprint density at radius 1 is 1.09 bits per heavy atom. The standard InChI is InChI=1S/C25H23F2N3O3/c1-4-22-15(2)24(32-16(3)31)25(33-22)30-21(14-7-17-5-10-19(26)11-6-17)23(28-29-30)18-8-12-20(27)13-9-18/h5-6,8-13,15,22,24-25H,4H2,1-3H3/t15-,22-,24-,25-/m1/s1. The van der Waals surface area contributed by atoms with Crippen molar-refractivity contribution in [2.24, 2.45) is 5.92 Å². The zero-order valence-electron chi connectivity index (χ0n) is 18.5. The molecule has 3 aromatic rings. The summed E-state index contributed by atoms with van der Waals surface area (Å²) < 4.78 is 40.1. The molecular formula is C25H23F2N3O3. The molecule has 1 fully saturated rings.